The summed E-state index contributed by atoms with van der Waals surface area (Å²) in [6.07, 6.45) is 4.08. The van der Waals surface area contributed by atoms with Crippen molar-refractivity contribution in [1.82, 2.24) is 20.1 Å². The number of H-pyrrole nitrogens is 1. The Bertz CT molecular complexity index is 531. The molecule has 19 heavy (non-hydrogen) atoms. The minimum absolute atomic E-state index is 0.190. The van der Waals surface area contributed by atoms with E-state index in [0.29, 0.717) is 11.1 Å². The summed E-state index contributed by atoms with van der Waals surface area (Å²) in [6, 6.07) is 2.44. The molecule has 1 aliphatic carbocycles. The second-order valence-electron chi connectivity index (χ2n) is 4.93. The molecule has 1 fully saturated rings. The third kappa shape index (κ3) is 2.69. The van der Waals surface area contributed by atoms with Crippen LogP contribution in [-0.4, -0.2) is 33.1 Å². The predicted octanol–water partition coefficient (Wildman–Crippen LogP) is 0.872. The Morgan fingerprint density at radius 1 is 1.74 bits per heavy atom. The lowest BCUT2D eigenvalue weighted by atomic mass is 9.87. The molecule has 0 amide bonds. The molecule has 0 spiro atoms. The van der Waals surface area contributed by atoms with Crippen molar-refractivity contribution in [3.8, 4) is 6.07 Å². The molecule has 0 aliphatic heterocycles. The fraction of sp³-hybridized carbons (Fsp3) is 0.750. The zero-order chi connectivity index (χ0) is 13.9. The van der Waals surface area contributed by atoms with E-state index < -0.39 is 0 Å². The zero-order valence-electron chi connectivity index (χ0n) is 11.3. The van der Waals surface area contributed by atoms with Gasteiger partial charge in [0.1, 0.15) is 5.54 Å². The Kier molecular flexibility index (Phi) is 4.32. The third-order valence-corrected chi connectivity index (χ3v) is 5.07. The number of nitrogens with zero attached hydrogens (tertiary/aromatic N) is 3. The van der Waals surface area contributed by atoms with Crippen molar-refractivity contribution >= 4 is 11.8 Å². The lowest BCUT2D eigenvalue weighted by molar-refractivity contribution is 0.332. The van der Waals surface area contributed by atoms with Crippen LogP contribution in [0.25, 0.3) is 0 Å². The van der Waals surface area contributed by atoms with Gasteiger partial charge in [-0.3, -0.25) is 4.57 Å². The summed E-state index contributed by atoms with van der Waals surface area (Å²) in [5.41, 5.74) is -0.553. The van der Waals surface area contributed by atoms with E-state index in [1.165, 1.54) is 4.57 Å². The number of nitriles is 1. The normalized spacial score (nSPS) is 26.5. The van der Waals surface area contributed by atoms with Crippen LogP contribution in [-0.2, 0) is 7.05 Å². The molecule has 0 bridgehead atoms. The van der Waals surface area contributed by atoms with Gasteiger partial charge in [-0.15, -0.1) is 5.10 Å². The summed E-state index contributed by atoms with van der Waals surface area (Å²) < 4.78 is 1.51. The molecule has 1 saturated carbocycles. The first-order chi connectivity index (χ1) is 9.13. The Morgan fingerprint density at radius 2 is 2.53 bits per heavy atom. The summed E-state index contributed by atoms with van der Waals surface area (Å²) in [4.78, 5) is 11.2. The van der Waals surface area contributed by atoms with Crippen LogP contribution < -0.4 is 11.0 Å². The van der Waals surface area contributed by atoms with Crippen LogP contribution in [0.3, 0.4) is 0 Å². The van der Waals surface area contributed by atoms with Crippen LogP contribution in [0, 0.1) is 17.2 Å². The molecule has 7 heteroatoms. The molecule has 2 rings (SSSR count). The standard InChI is InChI=1S/C12H19N5OS/c1-14-12(8-13)6-3-4-9(12)5-7-19-11-16-15-10(18)17(11)2/h9,14H,3-7H2,1-2H3,(H,15,18). The lowest BCUT2D eigenvalue weighted by Crippen LogP contribution is -2.44. The minimum atomic E-state index is -0.363. The summed E-state index contributed by atoms with van der Waals surface area (Å²) in [7, 11) is 3.57. The van der Waals surface area contributed by atoms with E-state index in [9.17, 15) is 10.1 Å². The van der Waals surface area contributed by atoms with Crippen LogP contribution in [0.2, 0.25) is 0 Å². The van der Waals surface area contributed by atoms with Gasteiger partial charge < -0.3 is 5.32 Å². The number of rotatable bonds is 5. The number of aromatic nitrogens is 3. The van der Waals surface area contributed by atoms with Gasteiger partial charge in [0.25, 0.3) is 0 Å². The van der Waals surface area contributed by atoms with Crippen LogP contribution in [0.1, 0.15) is 25.7 Å². The number of thioether (sulfide) groups is 1. The molecule has 1 aliphatic rings. The average Bonchev–Trinajstić information content (AvgIpc) is 2.97. The predicted molar refractivity (Wildman–Crippen MR) is 73.9 cm³/mol. The maximum Gasteiger partial charge on any atom is 0.343 e. The van der Waals surface area contributed by atoms with Crippen molar-refractivity contribution in [3.63, 3.8) is 0 Å². The van der Waals surface area contributed by atoms with Crippen LogP contribution in [0.15, 0.2) is 9.95 Å². The monoisotopic (exact) mass is 281 g/mol. The maximum absolute atomic E-state index is 11.2. The van der Waals surface area contributed by atoms with Gasteiger partial charge in [0.15, 0.2) is 5.16 Å². The van der Waals surface area contributed by atoms with Crippen molar-refractivity contribution in [2.45, 2.75) is 36.4 Å². The van der Waals surface area contributed by atoms with Crippen molar-refractivity contribution in [3.05, 3.63) is 10.5 Å². The van der Waals surface area contributed by atoms with Gasteiger partial charge in [-0.05, 0) is 32.2 Å². The SMILES string of the molecule is CNC1(C#N)CCCC1CCSc1n[nH]c(=O)n1C. The molecule has 0 saturated heterocycles. The Hall–Kier alpha value is -1.26. The first-order valence-corrected chi connectivity index (χ1v) is 7.46. The first kappa shape index (κ1) is 14.2. The number of hydrogen-bond donors (Lipinski definition) is 2. The van der Waals surface area contributed by atoms with Gasteiger partial charge >= 0.3 is 5.69 Å². The molecule has 0 radical (unpaired) electrons. The van der Waals surface area contributed by atoms with Crippen molar-refractivity contribution < 1.29 is 0 Å². The average molecular weight is 281 g/mol. The summed E-state index contributed by atoms with van der Waals surface area (Å²) >= 11 is 1.56. The van der Waals surface area contributed by atoms with E-state index in [0.717, 1.165) is 31.4 Å². The van der Waals surface area contributed by atoms with Gasteiger partial charge in [0.05, 0.1) is 6.07 Å². The van der Waals surface area contributed by atoms with E-state index in [4.69, 9.17) is 0 Å². The zero-order valence-corrected chi connectivity index (χ0v) is 12.1. The summed E-state index contributed by atoms with van der Waals surface area (Å²) in [5, 5.41) is 19.7. The lowest BCUT2D eigenvalue weighted by Gasteiger charge is -2.27. The third-order valence-electron chi connectivity index (χ3n) is 4.00. The van der Waals surface area contributed by atoms with Crippen LogP contribution >= 0.6 is 11.8 Å². The molecular weight excluding hydrogens is 262 g/mol. The largest absolute Gasteiger partial charge is 0.343 e. The second-order valence-corrected chi connectivity index (χ2v) is 5.99. The highest BCUT2D eigenvalue weighted by atomic mass is 32.2. The molecule has 0 aromatic carbocycles. The fourth-order valence-corrected chi connectivity index (χ4v) is 3.73. The van der Waals surface area contributed by atoms with Crippen LogP contribution in [0.5, 0.6) is 0 Å². The van der Waals surface area contributed by atoms with Crippen molar-refractivity contribution in [1.29, 1.82) is 5.26 Å². The molecule has 1 aromatic heterocycles. The minimum Gasteiger partial charge on any atom is -0.302 e. The van der Waals surface area contributed by atoms with Crippen molar-refractivity contribution in [2.24, 2.45) is 13.0 Å². The highest BCUT2D eigenvalue weighted by Crippen LogP contribution is 2.38. The highest BCUT2D eigenvalue weighted by molar-refractivity contribution is 7.99. The number of aromatic amines is 1. The Balaban J connectivity index is 1.91. The Morgan fingerprint density at radius 3 is 3.11 bits per heavy atom. The van der Waals surface area contributed by atoms with Gasteiger partial charge in [0, 0.05) is 12.8 Å². The first-order valence-electron chi connectivity index (χ1n) is 6.47. The molecule has 1 aromatic rings. The molecule has 2 atom stereocenters. The van der Waals surface area contributed by atoms with Gasteiger partial charge in [-0.2, -0.15) is 5.26 Å². The van der Waals surface area contributed by atoms with E-state index in [1.807, 2.05) is 7.05 Å². The van der Waals surface area contributed by atoms with Gasteiger partial charge in [-0.25, -0.2) is 9.89 Å². The number of nitrogens with one attached hydrogen (secondary N) is 2. The second kappa shape index (κ2) is 5.80. The Labute approximate surface area is 116 Å². The molecule has 2 unspecified atom stereocenters. The smallest absolute Gasteiger partial charge is 0.302 e. The van der Waals surface area contributed by atoms with E-state index in [1.54, 1.807) is 18.8 Å². The van der Waals surface area contributed by atoms with Gasteiger partial charge in [-0.1, -0.05) is 18.2 Å². The molecule has 2 N–H and O–H groups in total. The highest BCUT2D eigenvalue weighted by Gasteiger charge is 2.41. The fourth-order valence-electron chi connectivity index (χ4n) is 2.75. The quantitative estimate of drug-likeness (QED) is 0.782. The van der Waals surface area contributed by atoms with E-state index in [2.05, 4.69) is 21.6 Å². The summed E-state index contributed by atoms with van der Waals surface area (Å²) in [5.74, 6) is 1.25. The van der Waals surface area contributed by atoms with Gasteiger partial charge in [0.2, 0.25) is 0 Å². The maximum atomic E-state index is 11.2. The van der Waals surface area contributed by atoms with E-state index in [-0.39, 0.29) is 11.2 Å². The molecule has 104 valence electrons. The summed E-state index contributed by atoms with van der Waals surface area (Å²) in [6.45, 7) is 0. The molecule has 6 nitrogen and oxygen atoms in total. The van der Waals surface area contributed by atoms with Crippen molar-refractivity contribution in [2.75, 3.05) is 12.8 Å². The van der Waals surface area contributed by atoms with E-state index >= 15 is 0 Å². The molecule has 1 heterocycles. The van der Waals surface area contributed by atoms with Crippen LogP contribution in [0.4, 0.5) is 0 Å². The molecular formula is C12H19N5OS. The number of hydrogen-bond acceptors (Lipinski definition) is 5. The topological polar surface area (TPSA) is 86.5 Å².